The van der Waals surface area contributed by atoms with Gasteiger partial charge in [0.05, 0.1) is 6.61 Å². The van der Waals surface area contributed by atoms with Gasteiger partial charge in [0, 0.05) is 37.9 Å². The third kappa shape index (κ3) is 5.71. The lowest BCUT2D eigenvalue weighted by molar-refractivity contribution is -0.121. The summed E-state index contributed by atoms with van der Waals surface area (Å²) in [7, 11) is 1.57. The number of hydrogen-bond acceptors (Lipinski definition) is 4. The van der Waals surface area contributed by atoms with Crippen molar-refractivity contribution in [3.05, 3.63) is 29.3 Å². The molecule has 1 aromatic rings. The molecule has 1 aromatic carbocycles. The van der Waals surface area contributed by atoms with E-state index in [1.165, 1.54) is 0 Å². The molecule has 20 heavy (non-hydrogen) atoms. The third-order valence-corrected chi connectivity index (χ3v) is 2.63. The maximum absolute atomic E-state index is 11.9. The number of anilines is 1. The Morgan fingerprint density at radius 3 is 2.60 bits per heavy atom. The predicted molar refractivity (Wildman–Crippen MR) is 77.4 cm³/mol. The van der Waals surface area contributed by atoms with Gasteiger partial charge in [0.25, 0.3) is 5.91 Å². The molecule has 0 fully saturated rings. The minimum Gasteiger partial charge on any atom is -0.399 e. The molecule has 0 atom stereocenters. The number of hydrogen-bond donors (Lipinski definition) is 3. The largest absolute Gasteiger partial charge is 0.399 e. The van der Waals surface area contributed by atoms with Crippen LogP contribution >= 0.6 is 0 Å². The van der Waals surface area contributed by atoms with Gasteiger partial charge in [-0.15, -0.1) is 0 Å². The fourth-order valence-corrected chi connectivity index (χ4v) is 1.72. The van der Waals surface area contributed by atoms with Crippen LogP contribution in [0.1, 0.15) is 22.3 Å². The number of carbonyl (C=O) groups excluding carboxylic acids is 2. The molecular formula is C14H21N3O3. The lowest BCUT2D eigenvalue weighted by Crippen LogP contribution is -2.32. The average Bonchev–Trinajstić information content (AvgIpc) is 2.37. The van der Waals surface area contributed by atoms with Crippen molar-refractivity contribution in [2.75, 3.05) is 32.5 Å². The highest BCUT2D eigenvalue weighted by atomic mass is 16.5. The van der Waals surface area contributed by atoms with Crippen LogP contribution in [0.15, 0.2) is 18.2 Å². The van der Waals surface area contributed by atoms with Gasteiger partial charge in [-0.2, -0.15) is 0 Å². The van der Waals surface area contributed by atoms with Crippen LogP contribution in [0.5, 0.6) is 0 Å². The first-order valence-corrected chi connectivity index (χ1v) is 6.44. The Morgan fingerprint density at radius 2 is 1.95 bits per heavy atom. The molecule has 0 radical (unpaired) electrons. The quantitative estimate of drug-likeness (QED) is 0.499. The Bertz CT molecular complexity index is 454. The molecule has 0 unspecified atom stereocenters. The van der Waals surface area contributed by atoms with Crippen LogP contribution in [0, 0.1) is 6.92 Å². The molecule has 0 aliphatic heterocycles. The summed E-state index contributed by atoms with van der Waals surface area (Å²) >= 11 is 0. The standard InChI is InChI=1S/C14H21N3O3/c1-10-7-11(9-12(15)8-10)14(19)17-4-3-13(18)16-5-6-20-2/h7-9H,3-6,15H2,1-2H3,(H,16,18)(H,17,19). The van der Waals surface area contributed by atoms with Gasteiger partial charge in [0.15, 0.2) is 0 Å². The van der Waals surface area contributed by atoms with E-state index < -0.39 is 0 Å². The maximum atomic E-state index is 11.9. The van der Waals surface area contributed by atoms with Gasteiger partial charge in [0.1, 0.15) is 0 Å². The van der Waals surface area contributed by atoms with E-state index in [0.29, 0.717) is 24.4 Å². The molecular weight excluding hydrogens is 258 g/mol. The molecule has 0 spiro atoms. The minimum absolute atomic E-state index is 0.119. The van der Waals surface area contributed by atoms with Crippen molar-refractivity contribution in [3.8, 4) is 0 Å². The first-order valence-electron chi connectivity index (χ1n) is 6.44. The fraction of sp³-hybridized carbons (Fsp3) is 0.429. The number of aryl methyl sites for hydroxylation is 1. The number of nitrogen functional groups attached to an aromatic ring is 1. The number of carbonyl (C=O) groups is 2. The number of ether oxygens (including phenoxy) is 1. The molecule has 6 heteroatoms. The van der Waals surface area contributed by atoms with E-state index in [0.717, 1.165) is 5.56 Å². The smallest absolute Gasteiger partial charge is 0.251 e. The Hall–Kier alpha value is -2.08. The van der Waals surface area contributed by atoms with E-state index in [4.69, 9.17) is 10.5 Å². The second-order valence-corrected chi connectivity index (χ2v) is 4.48. The Morgan fingerprint density at radius 1 is 1.20 bits per heavy atom. The number of methoxy groups -OCH3 is 1. The molecule has 2 amide bonds. The van der Waals surface area contributed by atoms with Crippen LogP contribution in [0.25, 0.3) is 0 Å². The second kappa shape index (κ2) is 8.16. The zero-order valence-electron chi connectivity index (χ0n) is 11.9. The van der Waals surface area contributed by atoms with Crippen LogP contribution in [0.4, 0.5) is 5.69 Å². The summed E-state index contributed by atoms with van der Waals surface area (Å²) in [4.78, 5) is 23.3. The molecule has 110 valence electrons. The Labute approximate surface area is 118 Å². The maximum Gasteiger partial charge on any atom is 0.251 e. The van der Waals surface area contributed by atoms with E-state index in [-0.39, 0.29) is 24.8 Å². The summed E-state index contributed by atoms with van der Waals surface area (Å²) in [5.74, 6) is -0.351. The zero-order chi connectivity index (χ0) is 15.0. The van der Waals surface area contributed by atoms with E-state index in [1.807, 2.05) is 6.92 Å². The lowest BCUT2D eigenvalue weighted by Gasteiger charge is -2.07. The van der Waals surface area contributed by atoms with Gasteiger partial charge in [-0.25, -0.2) is 0 Å². The van der Waals surface area contributed by atoms with E-state index in [1.54, 1.807) is 25.3 Å². The van der Waals surface area contributed by atoms with Gasteiger partial charge in [-0.3, -0.25) is 9.59 Å². The highest BCUT2D eigenvalue weighted by Crippen LogP contribution is 2.10. The molecule has 0 aliphatic rings. The van der Waals surface area contributed by atoms with Crippen molar-refractivity contribution in [1.29, 1.82) is 0 Å². The summed E-state index contributed by atoms with van der Waals surface area (Å²) in [5.41, 5.74) is 7.66. The fourth-order valence-electron chi connectivity index (χ4n) is 1.72. The van der Waals surface area contributed by atoms with Crippen LogP contribution in [-0.2, 0) is 9.53 Å². The Kier molecular flexibility index (Phi) is 6.52. The number of benzene rings is 1. The molecule has 0 aliphatic carbocycles. The molecule has 0 saturated heterocycles. The molecule has 1 rings (SSSR count). The van der Waals surface area contributed by atoms with Crippen LogP contribution < -0.4 is 16.4 Å². The third-order valence-electron chi connectivity index (χ3n) is 2.63. The first kappa shape index (κ1) is 16.0. The minimum atomic E-state index is -0.231. The number of nitrogens with one attached hydrogen (secondary N) is 2. The Balaban J connectivity index is 2.34. The van der Waals surface area contributed by atoms with Crippen molar-refractivity contribution in [1.82, 2.24) is 10.6 Å². The summed E-state index contributed by atoms with van der Waals surface area (Å²) in [6, 6.07) is 5.16. The summed E-state index contributed by atoms with van der Waals surface area (Å²) in [5, 5.41) is 5.37. The number of rotatable bonds is 7. The van der Waals surface area contributed by atoms with Gasteiger partial charge >= 0.3 is 0 Å². The first-order chi connectivity index (χ1) is 9.52. The molecule has 6 nitrogen and oxygen atoms in total. The number of nitrogens with two attached hydrogens (primary N) is 1. The van der Waals surface area contributed by atoms with Gasteiger partial charge in [-0.05, 0) is 30.7 Å². The average molecular weight is 279 g/mol. The summed E-state index contributed by atoms with van der Waals surface area (Å²) in [6.45, 7) is 3.10. The molecule has 0 aromatic heterocycles. The van der Waals surface area contributed by atoms with Gasteiger partial charge in [-0.1, -0.05) is 0 Å². The van der Waals surface area contributed by atoms with Crippen LogP contribution in [0.2, 0.25) is 0 Å². The number of amides is 2. The van der Waals surface area contributed by atoms with Gasteiger partial charge < -0.3 is 21.1 Å². The van der Waals surface area contributed by atoms with Crippen LogP contribution in [-0.4, -0.2) is 38.6 Å². The normalized spacial score (nSPS) is 10.1. The van der Waals surface area contributed by atoms with Crippen LogP contribution in [0.3, 0.4) is 0 Å². The molecule has 0 heterocycles. The van der Waals surface area contributed by atoms with Crippen molar-refractivity contribution in [2.45, 2.75) is 13.3 Å². The van der Waals surface area contributed by atoms with Gasteiger partial charge in [0.2, 0.25) is 5.91 Å². The van der Waals surface area contributed by atoms with Crippen molar-refractivity contribution < 1.29 is 14.3 Å². The van der Waals surface area contributed by atoms with Crippen molar-refractivity contribution in [2.24, 2.45) is 0 Å². The van der Waals surface area contributed by atoms with Crippen molar-refractivity contribution >= 4 is 17.5 Å². The highest BCUT2D eigenvalue weighted by Gasteiger charge is 2.07. The predicted octanol–water partition coefficient (Wildman–Crippen LogP) is 0.460. The summed E-state index contributed by atoms with van der Waals surface area (Å²) in [6.07, 6.45) is 0.233. The second-order valence-electron chi connectivity index (χ2n) is 4.48. The molecule has 0 bridgehead atoms. The molecule has 4 N–H and O–H groups in total. The topological polar surface area (TPSA) is 93.5 Å². The van der Waals surface area contributed by atoms with E-state index >= 15 is 0 Å². The van der Waals surface area contributed by atoms with Crippen molar-refractivity contribution in [3.63, 3.8) is 0 Å². The molecule has 0 saturated carbocycles. The zero-order valence-corrected chi connectivity index (χ0v) is 11.9. The highest BCUT2D eigenvalue weighted by molar-refractivity contribution is 5.95. The van der Waals surface area contributed by atoms with E-state index in [2.05, 4.69) is 10.6 Å². The summed E-state index contributed by atoms with van der Waals surface area (Å²) < 4.78 is 4.82. The monoisotopic (exact) mass is 279 g/mol. The SMILES string of the molecule is COCCNC(=O)CCNC(=O)c1cc(C)cc(N)c1. The van der Waals surface area contributed by atoms with E-state index in [9.17, 15) is 9.59 Å². The lowest BCUT2D eigenvalue weighted by atomic mass is 10.1.